The third-order valence-corrected chi connectivity index (χ3v) is 13.4. The molecule has 13 aromatic rings. The Kier molecular flexibility index (Phi) is 8.01. The number of hydrogen-bond donors (Lipinski definition) is 0. The Bertz CT molecular complexity index is 3900. The van der Waals surface area contributed by atoms with Gasteiger partial charge in [0.15, 0.2) is 17.5 Å². The fourth-order valence-electron chi connectivity index (χ4n) is 9.32. The van der Waals surface area contributed by atoms with Crippen molar-refractivity contribution < 1.29 is 4.42 Å². The molecule has 9 aromatic carbocycles. The molecule has 0 aliphatic rings. The molecule has 0 radical (unpaired) electrons. The monoisotopic (exact) mass is 822 g/mol. The number of nitrogens with zero attached hydrogens (tertiary/aromatic N) is 4. The van der Waals surface area contributed by atoms with Gasteiger partial charge in [0.1, 0.15) is 11.2 Å². The van der Waals surface area contributed by atoms with E-state index >= 15 is 0 Å². The Morgan fingerprint density at radius 1 is 0.365 bits per heavy atom. The van der Waals surface area contributed by atoms with Crippen LogP contribution in [0.2, 0.25) is 0 Å². The molecule has 13 rings (SSSR count). The molecule has 0 N–H and O–H groups in total. The van der Waals surface area contributed by atoms with Crippen LogP contribution in [-0.2, 0) is 0 Å². The first-order chi connectivity index (χ1) is 31.2. The van der Waals surface area contributed by atoms with Gasteiger partial charge in [0.05, 0.1) is 11.0 Å². The van der Waals surface area contributed by atoms with Crippen molar-refractivity contribution in [2.45, 2.75) is 0 Å². The highest BCUT2D eigenvalue weighted by molar-refractivity contribution is 7.26. The lowest BCUT2D eigenvalue weighted by molar-refractivity contribution is 0.670. The lowest BCUT2D eigenvalue weighted by atomic mass is 9.99. The van der Waals surface area contributed by atoms with E-state index in [0.717, 1.165) is 66.4 Å². The quantitative estimate of drug-likeness (QED) is 0.168. The van der Waals surface area contributed by atoms with Gasteiger partial charge in [0.25, 0.3) is 0 Å². The van der Waals surface area contributed by atoms with Gasteiger partial charge in [0, 0.05) is 69.7 Å². The number of aromatic nitrogens is 4. The number of rotatable bonds is 6. The standard InChI is InChI=1S/C57H34N4OS/c1-3-13-36(14-4-1)55-58-56(37-27-25-35(26-28-37)41-19-11-20-44-43-18-8-10-23-50(43)62-54(41)44)60-57(59-55)45-21-12-24-52-53(45)47-34-39(30-32-51(47)63-52)38-29-31-49-46(33-38)42-17-7-9-22-48(42)61(49)40-15-5-2-6-16-40/h1-34H. The smallest absolute Gasteiger partial charge is 0.164 e. The highest BCUT2D eigenvalue weighted by atomic mass is 32.1. The minimum atomic E-state index is 0.618. The highest BCUT2D eigenvalue weighted by Crippen LogP contribution is 2.43. The summed E-state index contributed by atoms with van der Waals surface area (Å²) < 4.78 is 11.2. The van der Waals surface area contributed by atoms with Gasteiger partial charge in [-0.3, -0.25) is 0 Å². The van der Waals surface area contributed by atoms with Gasteiger partial charge in [-0.2, -0.15) is 0 Å². The predicted octanol–water partition coefficient (Wildman–Crippen LogP) is 15.6. The number of para-hydroxylation sites is 4. The van der Waals surface area contributed by atoms with Crippen molar-refractivity contribution in [3.63, 3.8) is 0 Å². The molecule has 0 unspecified atom stereocenters. The van der Waals surface area contributed by atoms with Crippen LogP contribution in [0.3, 0.4) is 0 Å². The zero-order valence-corrected chi connectivity index (χ0v) is 34.6. The first-order valence-corrected chi connectivity index (χ1v) is 21.9. The van der Waals surface area contributed by atoms with Crippen LogP contribution in [0.4, 0.5) is 0 Å². The molecule has 0 saturated carbocycles. The molecule has 0 aliphatic carbocycles. The first kappa shape index (κ1) is 35.6. The Balaban J connectivity index is 0.941. The molecule has 5 nitrogen and oxygen atoms in total. The lowest BCUT2D eigenvalue weighted by Gasteiger charge is -2.10. The van der Waals surface area contributed by atoms with E-state index in [0.29, 0.717) is 17.5 Å². The Hall–Kier alpha value is -8.19. The summed E-state index contributed by atoms with van der Waals surface area (Å²) >= 11 is 1.80. The molecular weight excluding hydrogens is 789 g/mol. The van der Waals surface area contributed by atoms with E-state index in [2.05, 4.69) is 180 Å². The molecule has 4 heterocycles. The van der Waals surface area contributed by atoms with E-state index in [4.69, 9.17) is 19.4 Å². The Morgan fingerprint density at radius 2 is 0.952 bits per heavy atom. The topological polar surface area (TPSA) is 56.7 Å². The van der Waals surface area contributed by atoms with Crippen LogP contribution in [0.25, 0.3) is 126 Å². The van der Waals surface area contributed by atoms with Gasteiger partial charge < -0.3 is 8.98 Å². The highest BCUT2D eigenvalue weighted by Gasteiger charge is 2.19. The molecule has 4 aromatic heterocycles. The SMILES string of the molecule is c1ccc(-c2nc(-c3ccc(-c4cccc5c4oc4ccccc45)cc3)nc(-c3cccc4sc5ccc(-c6ccc7c(c6)c6ccccc6n7-c6ccccc6)cc5c34)n2)cc1. The minimum Gasteiger partial charge on any atom is -0.455 e. The average molecular weight is 823 g/mol. The van der Waals surface area contributed by atoms with Crippen molar-refractivity contribution in [1.29, 1.82) is 0 Å². The summed E-state index contributed by atoms with van der Waals surface area (Å²) in [5.74, 6) is 1.89. The van der Waals surface area contributed by atoms with E-state index in [-0.39, 0.29) is 0 Å². The van der Waals surface area contributed by atoms with Crippen LogP contribution in [0.15, 0.2) is 211 Å². The second-order valence-electron chi connectivity index (χ2n) is 15.9. The predicted molar refractivity (Wildman–Crippen MR) is 262 cm³/mol. The fraction of sp³-hybridized carbons (Fsp3) is 0. The summed E-state index contributed by atoms with van der Waals surface area (Å²) in [5.41, 5.74) is 12.6. The average Bonchev–Trinajstić information content (AvgIpc) is 4.04. The normalized spacial score (nSPS) is 11.8. The van der Waals surface area contributed by atoms with Gasteiger partial charge in [0.2, 0.25) is 0 Å². The number of fused-ring (bicyclic) bond motifs is 9. The number of hydrogen-bond acceptors (Lipinski definition) is 5. The summed E-state index contributed by atoms with van der Waals surface area (Å²) in [4.78, 5) is 15.5. The van der Waals surface area contributed by atoms with Crippen LogP contribution in [0, 0.1) is 0 Å². The Labute approximate surface area is 365 Å². The molecule has 0 atom stereocenters. The van der Waals surface area contributed by atoms with Crippen LogP contribution >= 0.6 is 11.3 Å². The molecule has 0 spiro atoms. The first-order valence-electron chi connectivity index (χ1n) is 21.1. The van der Waals surface area contributed by atoms with Crippen LogP contribution < -0.4 is 0 Å². The molecule has 294 valence electrons. The maximum Gasteiger partial charge on any atom is 0.164 e. The second kappa shape index (κ2) is 14.2. The van der Waals surface area contributed by atoms with E-state index in [1.165, 1.54) is 42.2 Å². The second-order valence-corrected chi connectivity index (χ2v) is 17.0. The van der Waals surface area contributed by atoms with Crippen molar-refractivity contribution in [2.75, 3.05) is 0 Å². The summed E-state index contributed by atoms with van der Waals surface area (Å²) in [6, 6.07) is 72.7. The third-order valence-electron chi connectivity index (χ3n) is 12.3. The minimum absolute atomic E-state index is 0.618. The maximum atomic E-state index is 6.39. The zero-order chi connectivity index (χ0) is 41.4. The summed E-state index contributed by atoms with van der Waals surface area (Å²) in [5, 5.41) is 7.02. The van der Waals surface area contributed by atoms with Crippen molar-refractivity contribution in [2.24, 2.45) is 0 Å². The molecule has 0 fully saturated rings. The zero-order valence-electron chi connectivity index (χ0n) is 33.7. The van der Waals surface area contributed by atoms with E-state index in [9.17, 15) is 0 Å². The van der Waals surface area contributed by atoms with Gasteiger partial charge in [-0.25, -0.2) is 15.0 Å². The maximum absolute atomic E-state index is 6.39. The Morgan fingerprint density at radius 3 is 1.78 bits per heavy atom. The summed E-state index contributed by atoms with van der Waals surface area (Å²) in [6.45, 7) is 0. The van der Waals surface area contributed by atoms with Gasteiger partial charge in [-0.05, 0) is 71.3 Å². The molecule has 63 heavy (non-hydrogen) atoms. The molecule has 0 amide bonds. The summed E-state index contributed by atoms with van der Waals surface area (Å²) in [7, 11) is 0. The molecule has 0 bridgehead atoms. The van der Waals surface area contributed by atoms with Crippen LogP contribution in [-0.4, -0.2) is 19.5 Å². The van der Waals surface area contributed by atoms with E-state index in [1.807, 2.05) is 30.3 Å². The van der Waals surface area contributed by atoms with Gasteiger partial charge in [-0.15, -0.1) is 11.3 Å². The number of furan rings is 1. The van der Waals surface area contributed by atoms with Crippen molar-refractivity contribution in [3.05, 3.63) is 206 Å². The van der Waals surface area contributed by atoms with Crippen molar-refractivity contribution in [3.8, 4) is 62.1 Å². The number of benzene rings is 9. The van der Waals surface area contributed by atoms with Crippen LogP contribution in [0.1, 0.15) is 0 Å². The molecule has 0 aliphatic heterocycles. The fourth-order valence-corrected chi connectivity index (χ4v) is 10.4. The van der Waals surface area contributed by atoms with Gasteiger partial charge in [-0.1, -0.05) is 152 Å². The van der Waals surface area contributed by atoms with E-state index in [1.54, 1.807) is 11.3 Å². The lowest BCUT2D eigenvalue weighted by Crippen LogP contribution is -2.00. The molecule has 0 saturated heterocycles. The number of thiophene rings is 1. The van der Waals surface area contributed by atoms with Crippen molar-refractivity contribution >= 4 is 75.3 Å². The third kappa shape index (κ3) is 5.80. The van der Waals surface area contributed by atoms with E-state index < -0.39 is 0 Å². The summed E-state index contributed by atoms with van der Waals surface area (Å²) in [6.07, 6.45) is 0. The van der Waals surface area contributed by atoms with Crippen LogP contribution in [0.5, 0.6) is 0 Å². The largest absolute Gasteiger partial charge is 0.455 e. The molecular formula is C57H34N4OS. The van der Waals surface area contributed by atoms with Gasteiger partial charge >= 0.3 is 0 Å². The van der Waals surface area contributed by atoms with Crippen molar-refractivity contribution in [1.82, 2.24) is 19.5 Å². The molecule has 6 heteroatoms.